The zero-order valence-electron chi connectivity index (χ0n) is 14.2. The Labute approximate surface area is 148 Å². The number of carbonyl (C=O) groups is 1. The third-order valence-corrected chi connectivity index (χ3v) is 3.35. The number of benzene rings is 2. The van der Waals surface area contributed by atoms with Crippen LogP contribution in [0.4, 0.5) is 15.8 Å². The molecule has 0 saturated heterocycles. The molecule has 0 aliphatic carbocycles. The highest BCUT2D eigenvalue weighted by molar-refractivity contribution is 6.07. The van der Waals surface area contributed by atoms with Crippen LogP contribution in [0.1, 0.15) is 10.4 Å². The smallest absolute Gasteiger partial charge is 0.286 e. The van der Waals surface area contributed by atoms with Crippen LogP contribution in [0, 0.1) is 15.9 Å². The van der Waals surface area contributed by atoms with Crippen molar-refractivity contribution in [2.24, 2.45) is 0 Å². The summed E-state index contributed by atoms with van der Waals surface area (Å²) in [4.78, 5) is 23.1. The van der Waals surface area contributed by atoms with Gasteiger partial charge in [-0.1, -0.05) is 6.07 Å². The highest BCUT2D eigenvalue weighted by atomic mass is 19.1. The summed E-state index contributed by atoms with van der Waals surface area (Å²) >= 11 is 0. The number of nitrogens with zero attached hydrogens (tertiary/aromatic N) is 1. The van der Waals surface area contributed by atoms with Crippen LogP contribution >= 0.6 is 0 Å². The van der Waals surface area contributed by atoms with Gasteiger partial charge in [-0.3, -0.25) is 14.9 Å². The first-order valence-electron chi connectivity index (χ1n) is 7.51. The number of amides is 1. The topological polar surface area (TPSA) is 99.9 Å². The fourth-order valence-electron chi connectivity index (χ4n) is 2.15. The van der Waals surface area contributed by atoms with Crippen molar-refractivity contribution in [3.63, 3.8) is 0 Å². The van der Waals surface area contributed by atoms with Crippen molar-refractivity contribution < 1.29 is 28.3 Å². The van der Waals surface area contributed by atoms with Crippen LogP contribution in [0.3, 0.4) is 0 Å². The number of anilines is 1. The third kappa shape index (κ3) is 4.67. The number of nitro benzene ring substituents is 1. The van der Waals surface area contributed by atoms with Gasteiger partial charge in [0, 0.05) is 18.9 Å². The van der Waals surface area contributed by atoms with Crippen LogP contribution in [-0.4, -0.2) is 38.3 Å². The minimum Gasteiger partial charge on any atom is -0.493 e. The molecule has 2 aromatic rings. The van der Waals surface area contributed by atoms with E-state index in [4.69, 9.17) is 14.2 Å². The van der Waals surface area contributed by atoms with E-state index in [9.17, 15) is 19.3 Å². The largest absolute Gasteiger partial charge is 0.493 e. The van der Waals surface area contributed by atoms with Gasteiger partial charge in [-0.05, 0) is 18.2 Å². The molecule has 2 rings (SSSR count). The van der Waals surface area contributed by atoms with Gasteiger partial charge in [-0.2, -0.15) is 0 Å². The summed E-state index contributed by atoms with van der Waals surface area (Å²) in [7, 11) is 2.83. The van der Waals surface area contributed by atoms with Gasteiger partial charge in [0.05, 0.1) is 24.7 Å². The minimum atomic E-state index is -0.774. The number of nitrogens with one attached hydrogen (secondary N) is 1. The lowest BCUT2D eigenvalue weighted by atomic mass is 10.1. The third-order valence-electron chi connectivity index (χ3n) is 3.35. The standard InChI is InChI=1S/C17H17FN2O6/c1-24-6-7-26-16-10-14(20(22)23)13(9-15(16)25-2)17(21)19-12-5-3-4-11(18)8-12/h3-5,8-10H,6-7H2,1-2H3,(H,19,21). The number of ether oxygens (including phenoxy) is 3. The lowest BCUT2D eigenvalue weighted by Gasteiger charge is -2.13. The molecule has 26 heavy (non-hydrogen) atoms. The van der Waals surface area contributed by atoms with E-state index in [0.29, 0.717) is 0 Å². The van der Waals surface area contributed by atoms with Gasteiger partial charge < -0.3 is 19.5 Å². The molecular weight excluding hydrogens is 347 g/mol. The minimum absolute atomic E-state index is 0.110. The molecule has 1 amide bonds. The van der Waals surface area contributed by atoms with E-state index in [1.54, 1.807) is 0 Å². The summed E-state index contributed by atoms with van der Waals surface area (Å²) in [6.07, 6.45) is 0. The molecule has 9 heteroatoms. The summed E-state index contributed by atoms with van der Waals surface area (Å²) < 4.78 is 28.6. The second kappa shape index (κ2) is 8.77. The highest BCUT2D eigenvalue weighted by Crippen LogP contribution is 2.35. The Balaban J connectivity index is 2.36. The first-order valence-corrected chi connectivity index (χ1v) is 7.51. The molecule has 0 bridgehead atoms. The van der Waals surface area contributed by atoms with Crippen LogP contribution in [-0.2, 0) is 4.74 Å². The molecule has 138 valence electrons. The van der Waals surface area contributed by atoms with Crippen LogP contribution < -0.4 is 14.8 Å². The van der Waals surface area contributed by atoms with Crippen LogP contribution in [0.2, 0.25) is 0 Å². The molecule has 1 N–H and O–H groups in total. The summed E-state index contributed by atoms with van der Waals surface area (Å²) in [5.41, 5.74) is -0.536. The summed E-state index contributed by atoms with van der Waals surface area (Å²) in [5.74, 6) is -1.06. The van der Waals surface area contributed by atoms with E-state index in [1.165, 1.54) is 38.5 Å². The average Bonchev–Trinajstić information content (AvgIpc) is 2.61. The van der Waals surface area contributed by atoms with Gasteiger partial charge in [0.1, 0.15) is 18.0 Å². The van der Waals surface area contributed by atoms with Crippen LogP contribution in [0.5, 0.6) is 11.5 Å². The van der Waals surface area contributed by atoms with E-state index < -0.39 is 22.3 Å². The van der Waals surface area contributed by atoms with E-state index >= 15 is 0 Å². The molecule has 0 fully saturated rings. The first-order chi connectivity index (χ1) is 12.5. The second-order valence-electron chi connectivity index (χ2n) is 5.08. The van der Waals surface area contributed by atoms with Gasteiger partial charge >= 0.3 is 0 Å². The Kier molecular flexibility index (Phi) is 6.45. The van der Waals surface area contributed by atoms with Crippen molar-refractivity contribution in [3.8, 4) is 11.5 Å². The lowest BCUT2D eigenvalue weighted by Crippen LogP contribution is -2.15. The number of rotatable bonds is 8. The molecule has 8 nitrogen and oxygen atoms in total. The fourth-order valence-corrected chi connectivity index (χ4v) is 2.15. The Bertz CT molecular complexity index is 812. The van der Waals surface area contributed by atoms with Crippen molar-refractivity contribution in [3.05, 3.63) is 57.9 Å². The number of methoxy groups -OCH3 is 2. The van der Waals surface area contributed by atoms with Gasteiger partial charge in [-0.25, -0.2) is 4.39 Å². The maximum absolute atomic E-state index is 13.2. The van der Waals surface area contributed by atoms with E-state index in [2.05, 4.69) is 5.32 Å². The van der Waals surface area contributed by atoms with Gasteiger partial charge in [0.25, 0.3) is 11.6 Å². The molecule has 0 heterocycles. The second-order valence-corrected chi connectivity index (χ2v) is 5.08. The SMILES string of the molecule is COCCOc1cc([N+](=O)[O-])c(C(=O)Nc2cccc(F)c2)cc1OC. The zero-order valence-corrected chi connectivity index (χ0v) is 14.2. The van der Waals surface area contributed by atoms with E-state index in [0.717, 1.165) is 12.1 Å². The number of hydrogen-bond acceptors (Lipinski definition) is 6. The van der Waals surface area contributed by atoms with E-state index in [1.807, 2.05) is 0 Å². The predicted octanol–water partition coefficient (Wildman–Crippen LogP) is 3.02. The molecule has 0 aliphatic heterocycles. The molecule has 0 aliphatic rings. The normalized spacial score (nSPS) is 10.3. The van der Waals surface area contributed by atoms with Crippen molar-refractivity contribution in [2.45, 2.75) is 0 Å². The lowest BCUT2D eigenvalue weighted by molar-refractivity contribution is -0.385. The van der Waals surface area contributed by atoms with Gasteiger partial charge in [0.15, 0.2) is 11.5 Å². The molecule has 2 aromatic carbocycles. The fraction of sp³-hybridized carbons (Fsp3) is 0.235. The monoisotopic (exact) mass is 364 g/mol. The van der Waals surface area contributed by atoms with Crippen LogP contribution in [0.15, 0.2) is 36.4 Å². The maximum atomic E-state index is 13.2. The molecule has 0 spiro atoms. The molecule has 0 unspecified atom stereocenters. The first kappa shape index (κ1) is 19.1. The number of carbonyl (C=O) groups excluding carboxylic acids is 1. The Morgan fingerprint density at radius 1 is 1.19 bits per heavy atom. The summed E-state index contributed by atoms with van der Waals surface area (Å²) in [6, 6.07) is 7.50. The average molecular weight is 364 g/mol. The quantitative estimate of drug-likeness (QED) is 0.439. The van der Waals surface area contributed by atoms with Crippen molar-refractivity contribution in [1.82, 2.24) is 0 Å². The Hall–Kier alpha value is -3.20. The van der Waals surface area contributed by atoms with Crippen LogP contribution in [0.25, 0.3) is 0 Å². The Morgan fingerprint density at radius 3 is 2.58 bits per heavy atom. The van der Waals surface area contributed by atoms with Crippen molar-refractivity contribution in [2.75, 3.05) is 32.8 Å². The summed E-state index contributed by atoms with van der Waals surface area (Å²) in [5, 5.41) is 13.8. The molecular formula is C17H17FN2O6. The number of halogens is 1. The molecule has 0 aromatic heterocycles. The molecule has 0 radical (unpaired) electrons. The zero-order chi connectivity index (χ0) is 19.1. The van der Waals surface area contributed by atoms with E-state index in [-0.39, 0.29) is 36.0 Å². The maximum Gasteiger partial charge on any atom is 0.286 e. The molecule has 0 saturated carbocycles. The predicted molar refractivity (Wildman–Crippen MR) is 91.4 cm³/mol. The number of nitro groups is 1. The summed E-state index contributed by atoms with van der Waals surface area (Å²) in [6.45, 7) is 0.428. The van der Waals surface area contributed by atoms with Gasteiger partial charge in [0.2, 0.25) is 0 Å². The van der Waals surface area contributed by atoms with Crippen molar-refractivity contribution in [1.29, 1.82) is 0 Å². The Morgan fingerprint density at radius 2 is 1.96 bits per heavy atom. The highest BCUT2D eigenvalue weighted by Gasteiger charge is 2.25. The number of hydrogen-bond donors (Lipinski definition) is 1. The van der Waals surface area contributed by atoms with Gasteiger partial charge in [-0.15, -0.1) is 0 Å². The molecule has 0 atom stereocenters. The van der Waals surface area contributed by atoms with Crippen molar-refractivity contribution >= 4 is 17.3 Å².